The third-order valence-corrected chi connectivity index (χ3v) is 6.15. The number of piperazine rings is 1. The lowest BCUT2D eigenvalue weighted by molar-refractivity contribution is 0.0747. The lowest BCUT2D eigenvalue weighted by Gasteiger charge is -2.34. The summed E-state index contributed by atoms with van der Waals surface area (Å²) in [4.78, 5) is 26.1. The summed E-state index contributed by atoms with van der Waals surface area (Å²) < 4.78 is 11.2. The Kier molecular flexibility index (Phi) is 4.73. The van der Waals surface area contributed by atoms with Crippen LogP contribution < -0.4 is 4.90 Å². The molecule has 1 amide bonds. The van der Waals surface area contributed by atoms with Gasteiger partial charge in [-0.3, -0.25) is 9.78 Å². The van der Waals surface area contributed by atoms with Crippen LogP contribution in [0.4, 0.5) is 5.88 Å². The first-order valence-corrected chi connectivity index (χ1v) is 11.0. The molecule has 0 spiro atoms. The van der Waals surface area contributed by atoms with Crippen molar-refractivity contribution in [2.45, 2.75) is 0 Å². The van der Waals surface area contributed by atoms with Gasteiger partial charge in [-0.25, -0.2) is 0 Å². The molecule has 0 unspecified atom stereocenters. The van der Waals surface area contributed by atoms with E-state index in [2.05, 4.69) is 16.0 Å². The maximum atomic E-state index is 13.6. The number of fused-ring (bicyclic) bond motifs is 3. The number of rotatable bonds is 3. The first-order chi connectivity index (χ1) is 16.7. The number of amides is 1. The highest BCUT2D eigenvalue weighted by Crippen LogP contribution is 2.31. The molecular weight excluding hydrogens is 430 g/mol. The Labute approximate surface area is 194 Å². The molecule has 1 aliphatic rings. The van der Waals surface area contributed by atoms with E-state index >= 15 is 0 Å². The van der Waals surface area contributed by atoms with E-state index in [-0.39, 0.29) is 17.5 Å². The van der Waals surface area contributed by atoms with Crippen molar-refractivity contribution < 1.29 is 13.6 Å². The normalized spacial score (nSPS) is 14.0. The SMILES string of the molecule is N#Cc1nc(-c2ccco2)oc1N1CCN(C(=O)c2cc3ccccc3c3cccnc23)CC1. The zero-order chi connectivity index (χ0) is 23.1. The molecule has 3 aromatic heterocycles. The number of carbonyl (C=O) groups excluding carboxylic acids is 1. The highest BCUT2D eigenvalue weighted by Gasteiger charge is 2.28. The van der Waals surface area contributed by atoms with Crippen LogP contribution in [0.5, 0.6) is 0 Å². The summed E-state index contributed by atoms with van der Waals surface area (Å²) in [6.45, 7) is 2.02. The summed E-state index contributed by atoms with van der Waals surface area (Å²) >= 11 is 0. The van der Waals surface area contributed by atoms with E-state index in [1.807, 2.05) is 52.3 Å². The quantitative estimate of drug-likeness (QED) is 0.375. The molecule has 6 rings (SSSR count). The van der Waals surface area contributed by atoms with Crippen molar-refractivity contribution in [2.75, 3.05) is 31.1 Å². The highest BCUT2D eigenvalue weighted by molar-refractivity contribution is 6.15. The predicted octanol–water partition coefficient (Wildman–Crippen LogP) is 4.47. The van der Waals surface area contributed by atoms with Crippen LogP contribution in [0, 0.1) is 11.3 Å². The average Bonchev–Trinajstić information content (AvgIpc) is 3.58. The van der Waals surface area contributed by atoms with Gasteiger partial charge in [-0.15, -0.1) is 0 Å². The Balaban J connectivity index is 1.27. The van der Waals surface area contributed by atoms with Gasteiger partial charge in [-0.1, -0.05) is 30.3 Å². The van der Waals surface area contributed by atoms with E-state index < -0.39 is 0 Å². The lowest BCUT2D eigenvalue weighted by atomic mass is 10.00. The molecule has 0 bridgehead atoms. The third-order valence-electron chi connectivity index (χ3n) is 6.15. The number of furan rings is 1. The molecule has 166 valence electrons. The summed E-state index contributed by atoms with van der Waals surface area (Å²) in [5.41, 5.74) is 1.51. The maximum absolute atomic E-state index is 13.6. The summed E-state index contributed by atoms with van der Waals surface area (Å²) in [6, 6.07) is 19.4. The minimum absolute atomic E-state index is 0.0524. The van der Waals surface area contributed by atoms with Gasteiger partial charge >= 0.3 is 0 Å². The molecule has 2 aromatic carbocycles. The number of oxazole rings is 1. The first-order valence-electron chi connectivity index (χ1n) is 11.0. The highest BCUT2D eigenvalue weighted by atomic mass is 16.4. The number of benzene rings is 2. The van der Waals surface area contributed by atoms with E-state index in [9.17, 15) is 10.1 Å². The number of carbonyl (C=O) groups is 1. The number of hydrogen-bond acceptors (Lipinski definition) is 7. The minimum atomic E-state index is -0.0524. The number of nitriles is 1. The van der Waals surface area contributed by atoms with E-state index in [1.165, 1.54) is 6.26 Å². The predicted molar refractivity (Wildman–Crippen MR) is 126 cm³/mol. The Morgan fingerprint density at radius 3 is 2.62 bits per heavy atom. The summed E-state index contributed by atoms with van der Waals surface area (Å²) in [5.74, 6) is 1.08. The van der Waals surface area contributed by atoms with Gasteiger partial charge in [-0.05, 0) is 35.0 Å². The zero-order valence-electron chi connectivity index (χ0n) is 18.1. The van der Waals surface area contributed by atoms with Crippen molar-refractivity contribution >= 4 is 33.5 Å². The Bertz CT molecular complexity index is 1560. The molecule has 5 aromatic rings. The van der Waals surface area contributed by atoms with Crippen molar-refractivity contribution in [3.8, 4) is 17.7 Å². The second-order valence-electron chi connectivity index (χ2n) is 8.09. The van der Waals surface area contributed by atoms with Gasteiger partial charge in [0.15, 0.2) is 5.76 Å². The fourth-order valence-corrected chi connectivity index (χ4v) is 4.48. The summed E-state index contributed by atoms with van der Waals surface area (Å²) in [6.07, 6.45) is 3.25. The van der Waals surface area contributed by atoms with Crippen molar-refractivity contribution in [1.29, 1.82) is 5.26 Å². The molecule has 0 aliphatic carbocycles. The summed E-state index contributed by atoms with van der Waals surface area (Å²) in [5, 5.41) is 12.6. The monoisotopic (exact) mass is 449 g/mol. The molecule has 8 heteroatoms. The molecule has 4 heterocycles. The van der Waals surface area contributed by atoms with Crippen molar-refractivity contribution in [3.05, 3.63) is 78.3 Å². The lowest BCUT2D eigenvalue weighted by Crippen LogP contribution is -2.49. The Hall–Kier alpha value is -4.64. The molecule has 8 nitrogen and oxygen atoms in total. The molecular formula is C26H19N5O3. The molecule has 0 radical (unpaired) electrons. The van der Waals surface area contributed by atoms with Crippen LogP contribution in [0.15, 0.2) is 75.9 Å². The molecule has 1 saturated heterocycles. The van der Waals surface area contributed by atoms with Gasteiger partial charge in [0.2, 0.25) is 11.6 Å². The summed E-state index contributed by atoms with van der Waals surface area (Å²) in [7, 11) is 0. The minimum Gasteiger partial charge on any atom is -0.459 e. The van der Waals surface area contributed by atoms with Gasteiger partial charge in [0.1, 0.15) is 6.07 Å². The smallest absolute Gasteiger partial charge is 0.266 e. The van der Waals surface area contributed by atoms with Crippen molar-refractivity contribution in [1.82, 2.24) is 14.9 Å². The van der Waals surface area contributed by atoms with Crippen LogP contribution in [-0.4, -0.2) is 47.0 Å². The fraction of sp³-hybridized carbons (Fsp3) is 0.154. The van der Waals surface area contributed by atoms with E-state index in [4.69, 9.17) is 8.83 Å². The molecule has 34 heavy (non-hydrogen) atoms. The van der Waals surface area contributed by atoms with Crippen LogP contribution in [0.1, 0.15) is 16.1 Å². The molecule has 0 N–H and O–H groups in total. The fourth-order valence-electron chi connectivity index (χ4n) is 4.48. The van der Waals surface area contributed by atoms with Crippen LogP contribution in [0.3, 0.4) is 0 Å². The van der Waals surface area contributed by atoms with E-state index in [0.29, 0.717) is 48.9 Å². The standard InChI is InChI=1S/C26H19N5O3/c27-16-21-26(34-24(29-21)22-8-4-14-33-22)31-12-10-30(11-13-31)25(32)20-15-17-5-1-2-6-18(17)19-7-3-9-28-23(19)20/h1-9,14-15H,10-13H2. The maximum Gasteiger partial charge on any atom is 0.266 e. The van der Waals surface area contributed by atoms with Crippen LogP contribution >= 0.6 is 0 Å². The Morgan fingerprint density at radius 1 is 1.00 bits per heavy atom. The average molecular weight is 449 g/mol. The number of pyridine rings is 1. The van der Waals surface area contributed by atoms with Crippen LogP contribution in [0.2, 0.25) is 0 Å². The van der Waals surface area contributed by atoms with Gasteiger partial charge < -0.3 is 18.6 Å². The largest absolute Gasteiger partial charge is 0.459 e. The first kappa shape index (κ1) is 20.0. The number of nitrogens with zero attached hydrogens (tertiary/aromatic N) is 5. The van der Waals surface area contributed by atoms with E-state index in [0.717, 1.165) is 16.2 Å². The van der Waals surface area contributed by atoms with Crippen molar-refractivity contribution in [2.24, 2.45) is 0 Å². The molecule has 1 fully saturated rings. The third kappa shape index (κ3) is 3.26. The van der Waals surface area contributed by atoms with Crippen LogP contribution in [-0.2, 0) is 0 Å². The number of aromatic nitrogens is 2. The van der Waals surface area contributed by atoms with Crippen molar-refractivity contribution in [3.63, 3.8) is 0 Å². The van der Waals surface area contributed by atoms with Gasteiger partial charge in [0.25, 0.3) is 11.8 Å². The second kappa shape index (κ2) is 8.05. The number of anilines is 1. The zero-order valence-corrected chi connectivity index (χ0v) is 18.1. The van der Waals surface area contributed by atoms with Gasteiger partial charge in [-0.2, -0.15) is 10.2 Å². The molecule has 0 atom stereocenters. The van der Waals surface area contributed by atoms with Gasteiger partial charge in [0, 0.05) is 37.8 Å². The Morgan fingerprint density at radius 2 is 1.82 bits per heavy atom. The van der Waals surface area contributed by atoms with E-state index in [1.54, 1.807) is 18.3 Å². The van der Waals surface area contributed by atoms with Crippen LogP contribution in [0.25, 0.3) is 33.3 Å². The second-order valence-corrected chi connectivity index (χ2v) is 8.09. The molecule has 0 saturated carbocycles. The molecule has 1 aliphatic heterocycles. The van der Waals surface area contributed by atoms with Gasteiger partial charge in [0.05, 0.1) is 17.3 Å². The topological polar surface area (TPSA) is 99.4 Å². The number of hydrogen-bond donors (Lipinski definition) is 0.